The third-order valence-corrected chi connectivity index (χ3v) is 2.42. The summed E-state index contributed by atoms with van der Waals surface area (Å²) in [5.74, 6) is 0.647. The lowest BCUT2D eigenvalue weighted by Crippen LogP contribution is -2.01. The fourth-order valence-electron chi connectivity index (χ4n) is 1.06. The molecule has 0 unspecified atom stereocenters. The molecule has 0 amide bonds. The molecule has 0 aliphatic heterocycles. The van der Waals surface area contributed by atoms with Crippen LogP contribution in [-0.4, -0.2) is 7.11 Å². The minimum absolute atomic E-state index is 0.384. The highest BCUT2D eigenvalue weighted by Gasteiger charge is 2.07. The average Bonchev–Trinajstić information content (AvgIpc) is 2.16. The number of nitrogens with two attached hydrogens (primary N) is 1. The first kappa shape index (κ1) is 10.0. The maximum absolute atomic E-state index is 8.69. The van der Waals surface area contributed by atoms with Gasteiger partial charge in [0.1, 0.15) is 5.75 Å². The van der Waals surface area contributed by atoms with Crippen molar-refractivity contribution in [2.24, 2.45) is 5.73 Å². The van der Waals surface area contributed by atoms with E-state index >= 15 is 0 Å². The van der Waals surface area contributed by atoms with Crippen molar-refractivity contribution in [3.8, 4) is 11.8 Å². The van der Waals surface area contributed by atoms with Gasteiger partial charge in [0.25, 0.3) is 0 Å². The molecule has 4 heteroatoms. The molecular formula is C9H9BrN2O. The largest absolute Gasteiger partial charge is 0.496 e. The Morgan fingerprint density at radius 2 is 2.31 bits per heavy atom. The van der Waals surface area contributed by atoms with Gasteiger partial charge in [-0.05, 0) is 12.1 Å². The van der Waals surface area contributed by atoms with Crippen LogP contribution in [-0.2, 0) is 6.54 Å². The van der Waals surface area contributed by atoms with Gasteiger partial charge in [-0.3, -0.25) is 0 Å². The summed E-state index contributed by atoms with van der Waals surface area (Å²) in [6.07, 6.45) is 0. The van der Waals surface area contributed by atoms with Crippen LogP contribution in [0.25, 0.3) is 0 Å². The van der Waals surface area contributed by atoms with Crippen molar-refractivity contribution in [2.75, 3.05) is 7.11 Å². The summed E-state index contributed by atoms with van der Waals surface area (Å²) >= 11 is 3.33. The van der Waals surface area contributed by atoms with Gasteiger partial charge in [-0.1, -0.05) is 15.9 Å². The summed E-state index contributed by atoms with van der Waals surface area (Å²) < 4.78 is 5.91. The molecule has 0 aromatic heterocycles. The minimum atomic E-state index is 0.384. The maximum Gasteiger partial charge on any atom is 0.125 e. The molecule has 0 spiro atoms. The molecule has 0 aliphatic rings. The molecule has 13 heavy (non-hydrogen) atoms. The van der Waals surface area contributed by atoms with E-state index in [2.05, 4.69) is 15.9 Å². The molecule has 0 aliphatic carbocycles. The van der Waals surface area contributed by atoms with E-state index in [1.807, 2.05) is 6.07 Å². The van der Waals surface area contributed by atoms with Crippen LogP contribution in [0.3, 0.4) is 0 Å². The van der Waals surface area contributed by atoms with Crippen LogP contribution >= 0.6 is 15.9 Å². The first-order valence-corrected chi connectivity index (χ1v) is 4.48. The molecule has 0 fully saturated rings. The number of benzene rings is 1. The zero-order valence-corrected chi connectivity index (χ0v) is 8.76. The molecule has 1 aromatic rings. The number of halogens is 1. The quantitative estimate of drug-likeness (QED) is 0.858. The van der Waals surface area contributed by atoms with Crippen LogP contribution in [0.1, 0.15) is 11.1 Å². The minimum Gasteiger partial charge on any atom is -0.496 e. The zero-order valence-electron chi connectivity index (χ0n) is 7.17. The van der Waals surface area contributed by atoms with Crippen molar-refractivity contribution >= 4 is 15.9 Å². The van der Waals surface area contributed by atoms with E-state index in [-0.39, 0.29) is 0 Å². The van der Waals surface area contributed by atoms with Gasteiger partial charge in [-0.2, -0.15) is 5.26 Å². The fraction of sp³-hybridized carbons (Fsp3) is 0.222. The Morgan fingerprint density at radius 3 is 2.77 bits per heavy atom. The molecular weight excluding hydrogens is 232 g/mol. The van der Waals surface area contributed by atoms with Crippen molar-refractivity contribution in [1.29, 1.82) is 5.26 Å². The highest BCUT2D eigenvalue weighted by atomic mass is 79.9. The lowest BCUT2D eigenvalue weighted by atomic mass is 10.1. The molecule has 0 heterocycles. The van der Waals surface area contributed by atoms with Gasteiger partial charge in [0.2, 0.25) is 0 Å². The number of nitrogens with zero attached hydrogens (tertiary/aromatic N) is 1. The van der Waals surface area contributed by atoms with Gasteiger partial charge in [0, 0.05) is 16.6 Å². The van der Waals surface area contributed by atoms with Crippen molar-refractivity contribution < 1.29 is 4.74 Å². The van der Waals surface area contributed by atoms with E-state index in [0.717, 1.165) is 10.0 Å². The second-order valence-corrected chi connectivity index (χ2v) is 3.31. The third kappa shape index (κ3) is 2.00. The van der Waals surface area contributed by atoms with E-state index in [4.69, 9.17) is 15.7 Å². The fourth-order valence-corrected chi connectivity index (χ4v) is 1.66. The lowest BCUT2D eigenvalue weighted by Gasteiger charge is -2.08. The molecule has 0 saturated carbocycles. The summed E-state index contributed by atoms with van der Waals surface area (Å²) in [5, 5.41) is 8.69. The highest BCUT2D eigenvalue weighted by Crippen LogP contribution is 2.27. The van der Waals surface area contributed by atoms with Crippen LogP contribution in [0, 0.1) is 11.3 Å². The SMILES string of the molecule is COc1cc(C#N)cc(Br)c1CN. The van der Waals surface area contributed by atoms with Gasteiger partial charge in [0.15, 0.2) is 0 Å². The topological polar surface area (TPSA) is 59.0 Å². The van der Waals surface area contributed by atoms with Gasteiger partial charge >= 0.3 is 0 Å². The van der Waals surface area contributed by atoms with Crippen LogP contribution in [0.2, 0.25) is 0 Å². The predicted octanol–water partition coefficient (Wildman–Crippen LogP) is 1.79. The average molecular weight is 241 g/mol. The molecule has 0 atom stereocenters. The number of hydrogen-bond donors (Lipinski definition) is 1. The van der Waals surface area contributed by atoms with Crippen LogP contribution in [0.15, 0.2) is 16.6 Å². The Kier molecular flexibility index (Phi) is 3.29. The van der Waals surface area contributed by atoms with Crippen LogP contribution < -0.4 is 10.5 Å². The molecule has 68 valence electrons. The van der Waals surface area contributed by atoms with Gasteiger partial charge in [-0.25, -0.2) is 0 Å². The normalized spacial score (nSPS) is 9.38. The third-order valence-electron chi connectivity index (χ3n) is 1.71. The molecule has 1 aromatic carbocycles. The lowest BCUT2D eigenvalue weighted by molar-refractivity contribution is 0.409. The Morgan fingerprint density at radius 1 is 1.62 bits per heavy atom. The Balaban J connectivity index is 3.31. The number of methoxy groups -OCH3 is 1. The van der Waals surface area contributed by atoms with Gasteiger partial charge in [-0.15, -0.1) is 0 Å². The van der Waals surface area contributed by atoms with Crippen molar-refractivity contribution in [3.63, 3.8) is 0 Å². The second kappa shape index (κ2) is 4.26. The zero-order chi connectivity index (χ0) is 9.84. The highest BCUT2D eigenvalue weighted by molar-refractivity contribution is 9.10. The standard InChI is InChI=1S/C9H9BrN2O/c1-13-9-3-6(4-11)2-8(10)7(9)5-12/h2-3H,5,12H2,1H3. The summed E-state index contributed by atoms with van der Waals surface area (Å²) in [5.41, 5.74) is 6.96. The van der Waals surface area contributed by atoms with E-state index in [9.17, 15) is 0 Å². The summed E-state index contributed by atoms with van der Waals surface area (Å²) in [6, 6.07) is 5.44. The summed E-state index contributed by atoms with van der Waals surface area (Å²) in [4.78, 5) is 0. The first-order valence-electron chi connectivity index (χ1n) is 3.69. The molecule has 2 N–H and O–H groups in total. The van der Waals surface area contributed by atoms with E-state index in [0.29, 0.717) is 17.9 Å². The first-order chi connectivity index (χ1) is 6.22. The Labute approximate surface area is 85.2 Å². The Hall–Kier alpha value is -1.05. The van der Waals surface area contributed by atoms with Gasteiger partial charge in [0.05, 0.1) is 18.7 Å². The number of rotatable bonds is 2. The molecule has 3 nitrogen and oxygen atoms in total. The van der Waals surface area contributed by atoms with Crippen LogP contribution in [0.4, 0.5) is 0 Å². The molecule has 0 radical (unpaired) electrons. The Bertz CT molecular complexity index is 357. The van der Waals surface area contributed by atoms with E-state index < -0.39 is 0 Å². The molecule has 0 bridgehead atoms. The summed E-state index contributed by atoms with van der Waals surface area (Å²) in [7, 11) is 1.56. The smallest absolute Gasteiger partial charge is 0.125 e. The maximum atomic E-state index is 8.69. The molecule has 0 saturated heterocycles. The van der Waals surface area contributed by atoms with E-state index in [1.165, 1.54) is 0 Å². The number of nitriles is 1. The van der Waals surface area contributed by atoms with Crippen molar-refractivity contribution in [2.45, 2.75) is 6.54 Å². The van der Waals surface area contributed by atoms with Crippen molar-refractivity contribution in [1.82, 2.24) is 0 Å². The summed E-state index contributed by atoms with van der Waals surface area (Å²) in [6.45, 7) is 0.384. The molecule has 1 rings (SSSR count). The van der Waals surface area contributed by atoms with Crippen molar-refractivity contribution in [3.05, 3.63) is 27.7 Å². The predicted molar refractivity (Wildman–Crippen MR) is 53.3 cm³/mol. The van der Waals surface area contributed by atoms with Crippen LogP contribution in [0.5, 0.6) is 5.75 Å². The van der Waals surface area contributed by atoms with Gasteiger partial charge < -0.3 is 10.5 Å². The monoisotopic (exact) mass is 240 g/mol. The second-order valence-electron chi connectivity index (χ2n) is 2.45. The van der Waals surface area contributed by atoms with E-state index in [1.54, 1.807) is 19.2 Å². The number of hydrogen-bond acceptors (Lipinski definition) is 3. The number of ether oxygens (including phenoxy) is 1.